The summed E-state index contributed by atoms with van der Waals surface area (Å²) in [6.45, 7) is 3.74. The van der Waals surface area contributed by atoms with Crippen molar-refractivity contribution in [2.45, 2.75) is 38.5 Å². The number of carbonyl (C=O) groups is 2. The smallest absolute Gasteiger partial charge is 0.238 e. The maximum absolute atomic E-state index is 14.0. The molecule has 4 nitrogen and oxygen atoms in total. The Bertz CT molecular complexity index is 856. The number of thioether (sulfide) groups is 1. The summed E-state index contributed by atoms with van der Waals surface area (Å²) in [5.74, 6) is -0.0482. The van der Waals surface area contributed by atoms with Crippen molar-refractivity contribution in [3.63, 3.8) is 0 Å². The van der Waals surface area contributed by atoms with Crippen molar-refractivity contribution in [2.24, 2.45) is 0 Å². The molecule has 2 aromatic carbocycles. The van der Waals surface area contributed by atoms with E-state index in [1.165, 1.54) is 17.8 Å². The molecule has 0 spiro atoms. The lowest BCUT2D eigenvalue weighted by Crippen LogP contribution is -2.28. The van der Waals surface area contributed by atoms with Crippen LogP contribution in [0.2, 0.25) is 0 Å². The summed E-state index contributed by atoms with van der Waals surface area (Å²) in [6.07, 6.45) is 2.31. The van der Waals surface area contributed by atoms with Crippen LogP contribution in [0.3, 0.4) is 0 Å². The zero-order valence-corrected chi connectivity index (χ0v) is 16.3. The normalized spacial score (nSPS) is 16.6. The van der Waals surface area contributed by atoms with Crippen molar-refractivity contribution in [1.82, 2.24) is 0 Å². The Balaban J connectivity index is 1.84. The number of anilines is 2. The van der Waals surface area contributed by atoms with E-state index >= 15 is 0 Å². The third kappa shape index (κ3) is 4.50. The van der Waals surface area contributed by atoms with E-state index in [0.29, 0.717) is 29.1 Å². The van der Waals surface area contributed by atoms with Gasteiger partial charge in [0, 0.05) is 17.8 Å². The van der Waals surface area contributed by atoms with Crippen LogP contribution in [0.25, 0.3) is 0 Å². The van der Waals surface area contributed by atoms with Crippen molar-refractivity contribution in [3.8, 4) is 0 Å². The van der Waals surface area contributed by atoms with Gasteiger partial charge < -0.3 is 5.32 Å². The summed E-state index contributed by atoms with van der Waals surface area (Å²) in [5, 5.41) is 2.67. The molecule has 0 radical (unpaired) electrons. The molecule has 0 aromatic heterocycles. The van der Waals surface area contributed by atoms with Gasteiger partial charge in [-0.2, -0.15) is 0 Å². The molecule has 0 bridgehead atoms. The number of aryl methyl sites for hydroxylation is 1. The van der Waals surface area contributed by atoms with Crippen molar-refractivity contribution >= 4 is 35.0 Å². The highest BCUT2D eigenvalue weighted by Crippen LogP contribution is 2.42. The van der Waals surface area contributed by atoms with Crippen LogP contribution in [0, 0.1) is 12.7 Å². The molecule has 0 aliphatic carbocycles. The van der Waals surface area contributed by atoms with E-state index in [4.69, 9.17) is 0 Å². The van der Waals surface area contributed by atoms with Gasteiger partial charge in [-0.1, -0.05) is 31.5 Å². The van der Waals surface area contributed by atoms with Gasteiger partial charge >= 0.3 is 0 Å². The Morgan fingerprint density at radius 3 is 2.85 bits per heavy atom. The first-order chi connectivity index (χ1) is 13.0. The molecule has 0 unspecified atom stereocenters. The van der Waals surface area contributed by atoms with Crippen molar-refractivity contribution < 1.29 is 14.0 Å². The van der Waals surface area contributed by atoms with Gasteiger partial charge in [0.05, 0.1) is 5.75 Å². The second-order valence-corrected chi connectivity index (χ2v) is 7.71. The number of benzene rings is 2. The van der Waals surface area contributed by atoms with Crippen molar-refractivity contribution in [1.29, 1.82) is 0 Å². The number of unbranched alkanes of at least 4 members (excludes halogenated alkanes) is 1. The molecule has 0 saturated carbocycles. The van der Waals surface area contributed by atoms with Gasteiger partial charge in [0.15, 0.2) is 0 Å². The minimum atomic E-state index is -0.326. The minimum Gasteiger partial charge on any atom is -0.326 e. The van der Waals surface area contributed by atoms with E-state index in [0.717, 1.165) is 18.4 Å². The third-order valence-electron chi connectivity index (χ3n) is 4.51. The van der Waals surface area contributed by atoms with Crippen molar-refractivity contribution in [2.75, 3.05) is 16.0 Å². The fourth-order valence-corrected chi connectivity index (χ4v) is 4.18. The van der Waals surface area contributed by atoms with Crippen LogP contribution in [0.4, 0.5) is 15.8 Å². The Morgan fingerprint density at radius 1 is 1.30 bits per heavy atom. The average Bonchev–Trinajstić information content (AvgIpc) is 3.04. The quantitative estimate of drug-likeness (QED) is 0.756. The first kappa shape index (κ1) is 19.4. The topological polar surface area (TPSA) is 49.4 Å². The highest BCUT2D eigenvalue weighted by atomic mass is 32.2. The van der Waals surface area contributed by atoms with E-state index in [-0.39, 0.29) is 23.0 Å². The molecule has 3 rings (SSSR count). The number of hydrogen-bond donors (Lipinski definition) is 1. The number of amides is 2. The predicted molar refractivity (Wildman–Crippen MR) is 108 cm³/mol. The minimum absolute atomic E-state index is 0.0124. The number of nitrogens with zero attached hydrogens (tertiary/aromatic N) is 1. The molecular formula is C21H23FN2O2S. The monoisotopic (exact) mass is 386 g/mol. The Labute approximate surface area is 163 Å². The molecule has 142 valence electrons. The maximum Gasteiger partial charge on any atom is 0.238 e. The first-order valence-electron chi connectivity index (χ1n) is 9.09. The summed E-state index contributed by atoms with van der Waals surface area (Å²) in [4.78, 5) is 26.1. The second kappa shape index (κ2) is 8.57. The fraction of sp³-hybridized carbons (Fsp3) is 0.333. The number of halogens is 1. The highest BCUT2D eigenvalue weighted by molar-refractivity contribution is 8.00. The molecule has 2 aromatic rings. The van der Waals surface area contributed by atoms with E-state index in [2.05, 4.69) is 5.32 Å². The molecule has 1 N–H and O–H groups in total. The Morgan fingerprint density at radius 2 is 2.11 bits per heavy atom. The molecule has 27 heavy (non-hydrogen) atoms. The van der Waals surface area contributed by atoms with E-state index in [1.54, 1.807) is 24.0 Å². The summed E-state index contributed by atoms with van der Waals surface area (Å²) in [5.41, 5.74) is 2.71. The van der Waals surface area contributed by atoms with Crippen molar-refractivity contribution in [3.05, 3.63) is 59.4 Å². The van der Waals surface area contributed by atoms with Gasteiger partial charge in [-0.3, -0.25) is 14.5 Å². The van der Waals surface area contributed by atoms with Crippen LogP contribution >= 0.6 is 11.8 Å². The summed E-state index contributed by atoms with van der Waals surface area (Å²) < 4.78 is 14.0. The average molecular weight is 386 g/mol. The van der Waals surface area contributed by atoms with Crippen LogP contribution in [-0.2, 0) is 9.59 Å². The van der Waals surface area contributed by atoms with Gasteiger partial charge in [-0.15, -0.1) is 11.8 Å². The molecule has 2 amide bonds. The van der Waals surface area contributed by atoms with E-state index in [1.807, 2.05) is 31.2 Å². The lowest BCUT2D eigenvalue weighted by atomic mass is 10.1. The zero-order valence-electron chi connectivity index (χ0n) is 15.5. The molecule has 1 atom stereocenters. The third-order valence-corrected chi connectivity index (χ3v) is 5.73. The van der Waals surface area contributed by atoms with Gasteiger partial charge in [-0.05, 0) is 48.7 Å². The zero-order chi connectivity index (χ0) is 19.4. The molecule has 6 heteroatoms. The summed E-state index contributed by atoms with van der Waals surface area (Å²) >= 11 is 1.50. The Kier molecular flexibility index (Phi) is 6.16. The van der Waals surface area contributed by atoms with Crippen LogP contribution in [0.5, 0.6) is 0 Å². The van der Waals surface area contributed by atoms with Gasteiger partial charge in [0.25, 0.3) is 0 Å². The SMILES string of the molecule is CCCCC(=O)Nc1cccc([C@@H]2SCC(=O)N2c2ccc(C)c(F)c2)c1. The molecule has 1 heterocycles. The Hall–Kier alpha value is -2.34. The molecule has 1 aliphatic heterocycles. The lowest BCUT2D eigenvalue weighted by molar-refractivity contribution is -0.117. The summed E-state index contributed by atoms with van der Waals surface area (Å²) in [6, 6.07) is 12.4. The lowest BCUT2D eigenvalue weighted by Gasteiger charge is -2.25. The molecule has 1 aliphatic rings. The standard InChI is InChI=1S/C21H23FN2O2S/c1-3-4-8-19(25)23-16-7-5-6-15(11-16)21-24(20(26)13-27-21)17-10-9-14(2)18(22)12-17/h5-7,9-12,21H,3-4,8,13H2,1-2H3,(H,23,25)/t21-/m0/s1. The fourth-order valence-electron chi connectivity index (χ4n) is 3.01. The van der Waals surface area contributed by atoms with Crippen LogP contribution in [0.15, 0.2) is 42.5 Å². The number of rotatable bonds is 6. The van der Waals surface area contributed by atoms with Crippen LogP contribution in [-0.4, -0.2) is 17.6 Å². The second-order valence-electron chi connectivity index (χ2n) is 6.64. The van der Waals surface area contributed by atoms with Crippen LogP contribution < -0.4 is 10.2 Å². The van der Waals surface area contributed by atoms with Gasteiger partial charge in [0.2, 0.25) is 11.8 Å². The van der Waals surface area contributed by atoms with Crippen LogP contribution in [0.1, 0.15) is 42.7 Å². The number of carbonyl (C=O) groups excluding carboxylic acids is 2. The molecule has 1 saturated heterocycles. The molecular weight excluding hydrogens is 363 g/mol. The summed E-state index contributed by atoms with van der Waals surface area (Å²) in [7, 11) is 0. The molecule has 1 fully saturated rings. The van der Waals surface area contributed by atoms with E-state index in [9.17, 15) is 14.0 Å². The number of nitrogens with one attached hydrogen (secondary N) is 1. The van der Waals surface area contributed by atoms with Gasteiger partial charge in [0.1, 0.15) is 11.2 Å². The first-order valence-corrected chi connectivity index (χ1v) is 10.1. The maximum atomic E-state index is 14.0. The number of hydrogen-bond acceptors (Lipinski definition) is 3. The highest BCUT2D eigenvalue weighted by Gasteiger charge is 2.34. The van der Waals surface area contributed by atoms with Gasteiger partial charge in [-0.25, -0.2) is 4.39 Å². The largest absolute Gasteiger partial charge is 0.326 e. The van der Waals surface area contributed by atoms with E-state index < -0.39 is 0 Å². The predicted octanol–water partition coefficient (Wildman–Crippen LogP) is 5.04.